The van der Waals surface area contributed by atoms with E-state index in [1.807, 2.05) is 0 Å². The third kappa shape index (κ3) is 2.93. The van der Waals surface area contributed by atoms with Gasteiger partial charge in [0.25, 0.3) is 0 Å². The molecule has 1 atom stereocenters. The smallest absolute Gasteiger partial charge is 0.0644 e. The molecule has 1 unspecified atom stereocenters. The first-order chi connectivity index (χ1) is 9.55. The first-order valence-electron chi connectivity index (χ1n) is 7.67. The first-order valence-corrected chi connectivity index (χ1v) is 8.61. The van der Waals surface area contributed by atoms with E-state index >= 15 is 0 Å². The molecule has 0 bridgehead atoms. The second-order valence-electron chi connectivity index (χ2n) is 6.95. The van der Waals surface area contributed by atoms with Crippen LogP contribution < -0.4 is 5.73 Å². The van der Waals surface area contributed by atoms with Gasteiger partial charge in [0.15, 0.2) is 0 Å². The number of nitrogens with zero attached hydrogens (tertiary/aromatic N) is 1. The second-order valence-corrected chi connectivity index (χ2v) is 7.73. The van der Waals surface area contributed by atoms with Crippen LogP contribution in [0.3, 0.4) is 0 Å². The molecule has 1 aliphatic heterocycles. The van der Waals surface area contributed by atoms with Crippen LogP contribution in [0.2, 0.25) is 0 Å². The number of hydrogen-bond acceptors (Lipinski definition) is 4. The number of nitrogens with two attached hydrogens (primary N) is 1. The molecule has 3 nitrogen and oxygen atoms in total. The number of rotatable bonds is 5. The van der Waals surface area contributed by atoms with Crippen molar-refractivity contribution in [2.45, 2.75) is 63.3 Å². The fraction of sp³-hybridized carbons (Fsp3) is 0.750. The zero-order valence-electron chi connectivity index (χ0n) is 12.6. The Kier molecular flexibility index (Phi) is 3.93. The second kappa shape index (κ2) is 5.41. The fourth-order valence-corrected chi connectivity index (χ4v) is 4.30. The van der Waals surface area contributed by atoms with Gasteiger partial charge in [-0.15, -0.1) is 0 Å². The van der Waals surface area contributed by atoms with Crippen molar-refractivity contribution in [2.24, 2.45) is 5.73 Å². The van der Waals surface area contributed by atoms with Gasteiger partial charge in [0, 0.05) is 31.3 Å². The summed E-state index contributed by atoms with van der Waals surface area (Å²) in [5.74, 6) is 0. The van der Waals surface area contributed by atoms with E-state index in [-0.39, 0.29) is 11.1 Å². The Hall–Kier alpha value is -0.420. The highest BCUT2D eigenvalue weighted by molar-refractivity contribution is 7.07. The maximum atomic E-state index is 6.26. The summed E-state index contributed by atoms with van der Waals surface area (Å²) in [7, 11) is 0. The third-order valence-electron chi connectivity index (χ3n) is 4.72. The molecule has 0 amide bonds. The van der Waals surface area contributed by atoms with Gasteiger partial charge in [-0.25, -0.2) is 0 Å². The van der Waals surface area contributed by atoms with Crippen molar-refractivity contribution in [3.8, 4) is 0 Å². The zero-order valence-corrected chi connectivity index (χ0v) is 13.4. The minimum Gasteiger partial charge on any atom is -0.375 e. The minimum absolute atomic E-state index is 0.0561. The monoisotopic (exact) mass is 294 g/mol. The van der Waals surface area contributed by atoms with Crippen LogP contribution in [-0.4, -0.2) is 35.2 Å². The Morgan fingerprint density at radius 1 is 1.45 bits per heavy atom. The normalized spacial score (nSPS) is 29.8. The van der Waals surface area contributed by atoms with E-state index in [1.54, 1.807) is 11.3 Å². The molecule has 2 N–H and O–H groups in total. The summed E-state index contributed by atoms with van der Waals surface area (Å²) in [4.78, 5) is 2.69. The number of ether oxygens (including phenoxy) is 1. The van der Waals surface area contributed by atoms with Crippen molar-refractivity contribution in [1.29, 1.82) is 0 Å². The lowest BCUT2D eigenvalue weighted by Crippen LogP contribution is -2.60. The molecule has 4 heteroatoms. The van der Waals surface area contributed by atoms with Crippen molar-refractivity contribution in [1.82, 2.24) is 4.90 Å². The van der Waals surface area contributed by atoms with Gasteiger partial charge >= 0.3 is 0 Å². The Morgan fingerprint density at radius 3 is 2.80 bits per heavy atom. The largest absolute Gasteiger partial charge is 0.375 e. The predicted octanol–water partition coefficient (Wildman–Crippen LogP) is 3.00. The molecule has 1 aliphatic carbocycles. The van der Waals surface area contributed by atoms with E-state index in [1.165, 1.54) is 18.4 Å². The first kappa shape index (κ1) is 14.5. The lowest BCUT2D eigenvalue weighted by Gasteiger charge is -2.51. The van der Waals surface area contributed by atoms with Crippen LogP contribution in [0.25, 0.3) is 0 Å². The van der Waals surface area contributed by atoms with Crippen LogP contribution in [0, 0.1) is 0 Å². The van der Waals surface area contributed by atoms with Gasteiger partial charge in [-0.05, 0) is 61.9 Å². The molecular formula is C16H26N2OS. The van der Waals surface area contributed by atoms with E-state index in [0.29, 0.717) is 0 Å². The predicted molar refractivity (Wildman–Crippen MR) is 83.9 cm³/mol. The zero-order chi connectivity index (χ0) is 14.2. The van der Waals surface area contributed by atoms with Crippen LogP contribution in [-0.2, 0) is 11.3 Å². The molecule has 0 radical (unpaired) electrons. The van der Waals surface area contributed by atoms with Gasteiger partial charge in [-0.1, -0.05) is 0 Å². The molecule has 112 valence electrons. The van der Waals surface area contributed by atoms with Gasteiger partial charge < -0.3 is 10.5 Å². The summed E-state index contributed by atoms with van der Waals surface area (Å²) in [5, 5.41) is 4.44. The van der Waals surface area contributed by atoms with Crippen molar-refractivity contribution < 1.29 is 4.74 Å². The standard InChI is InChI=1S/C16H26N2OS/c1-15(2)11-16(12-17,6-7-19-15)18(14-3-4-14)9-13-5-8-20-10-13/h5,8,10,14H,3-4,6-7,9,11-12,17H2,1-2H3. The lowest BCUT2D eigenvalue weighted by molar-refractivity contribution is -0.122. The van der Waals surface area contributed by atoms with E-state index in [0.717, 1.165) is 38.6 Å². The van der Waals surface area contributed by atoms with Crippen LogP contribution >= 0.6 is 11.3 Å². The molecule has 1 aromatic heterocycles. The van der Waals surface area contributed by atoms with Gasteiger partial charge in [-0.2, -0.15) is 11.3 Å². The molecule has 2 heterocycles. The molecule has 0 aromatic carbocycles. The Labute approximate surface area is 126 Å². The summed E-state index contributed by atoms with van der Waals surface area (Å²) in [6.07, 6.45) is 4.76. The topological polar surface area (TPSA) is 38.5 Å². The molecule has 1 aromatic rings. The summed E-state index contributed by atoms with van der Waals surface area (Å²) in [5.41, 5.74) is 7.75. The van der Waals surface area contributed by atoms with Crippen LogP contribution in [0.4, 0.5) is 0 Å². The summed E-state index contributed by atoms with van der Waals surface area (Å²) < 4.78 is 5.93. The molecular weight excluding hydrogens is 268 g/mol. The number of thiophene rings is 1. The fourth-order valence-electron chi connectivity index (χ4n) is 3.64. The van der Waals surface area contributed by atoms with Gasteiger partial charge in [0.1, 0.15) is 0 Å². The maximum absolute atomic E-state index is 6.26. The van der Waals surface area contributed by atoms with Gasteiger partial charge in [-0.3, -0.25) is 4.90 Å². The average Bonchev–Trinajstić information content (AvgIpc) is 3.11. The SMILES string of the molecule is CC1(C)CC(CN)(N(Cc2ccsc2)C2CC2)CCO1. The van der Waals surface area contributed by atoms with E-state index in [4.69, 9.17) is 10.5 Å². The van der Waals surface area contributed by atoms with Gasteiger partial charge in [0.2, 0.25) is 0 Å². The summed E-state index contributed by atoms with van der Waals surface area (Å²) in [6.45, 7) is 7.01. The summed E-state index contributed by atoms with van der Waals surface area (Å²) in [6, 6.07) is 2.97. The van der Waals surface area contributed by atoms with Crippen molar-refractivity contribution in [3.63, 3.8) is 0 Å². The van der Waals surface area contributed by atoms with Crippen molar-refractivity contribution in [3.05, 3.63) is 22.4 Å². The maximum Gasteiger partial charge on any atom is 0.0644 e. The van der Waals surface area contributed by atoms with E-state index in [2.05, 4.69) is 35.6 Å². The summed E-state index contributed by atoms with van der Waals surface area (Å²) >= 11 is 1.78. The molecule has 3 rings (SSSR count). The van der Waals surface area contributed by atoms with Gasteiger partial charge in [0.05, 0.1) is 5.60 Å². The quantitative estimate of drug-likeness (QED) is 0.907. The Balaban J connectivity index is 1.83. The van der Waals surface area contributed by atoms with Crippen LogP contribution in [0.5, 0.6) is 0 Å². The molecule has 0 spiro atoms. The minimum atomic E-state index is -0.0561. The van der Waals surface area contributed by atoms with Crippen molar-refractivity contribution >= 4 is 11.3 Å². The van der Waals surface area contributed by atoms with E-state index in [9.17, 15) is 0 Å². The highest BCUT2D eigenvalue weighted by atomic mass is 32.1. The number of hydrogen-bond donors (Lipinski definition) is 1. The molecule has 20 heavy (non-hydrogen) atoms. The highest BCUT2D eigenvalue weighted by Crippen LogP contribution is 2.42. The molecule has 1 saturated carbocycles. The van der Waals surface area contributed by atoms with E-state index < -0.39 is 0 Å². The van der Waals surface area contributed by atoms with Crippen LogP contribution in [0.1, 0.15) is 45.1 Å². The third-order valence-corrected chi connectivity index (χ3v) is 5.46. The Morgan fingerprint density at radius 2 is 2.25 bits per heavy atom. The average molecular weight is 294 g/mol. The highest BCUT2D eigenvalue weighted by Gasteiger charge is 2.48. The van der Waals surface area contributed by atoms with Crippen LogP contribution in [0.15, 0.2) is 16.8 Å². The lowest BCUT2D eigenvalue weighted by atomic mass is 9.79. The molecule has 2 fully saturated rings. The molecule has 2 aliphatic rings. The van der Waals surface area contributed by atoms with Crippen molar-refractivity contribution in [2.75, 3.05) is 13.2 Å². The molecule has 1 saturated heterocycles. The Bertz CT molecular complexity index is 441.